The molecule has 0 N–H and O–H groups in total. The van der Waals surface area contributed by atoms with E-state index in [0.29, 0.717) is 25.9 Å². The van der Waals surface area contributed by atoms with E-state index in [1.54, 1.807) is 4.90 Å². The Morgan fingerprint density at radius 2 is 1.66 bits per heavy atom. The number of fused-ring (bicyclic) bond motifs is 1. The van der Waals surface area contributed by atoms with Crippen molar-refractivity contribution in [1.29, 1.82) is 0 Å². The van der Waals surface area contributed by atoms with Crippen molar-refractivity contribution in [2.75, 3.05) is 19.6 Å². The summed E-state index contributed by atoms with van der Waals surface area (Å²) in [6, 6.07) is 24.2. The molecule has 2 amide bonds. The molecule has 0 saturated heterocycles. The third-order valence-electron chi connectivity index (χ3n) is 6.12. The van der Waals surface area contributed by atoms with Crippen LogP contribution in [0.1, 0.15) is 42.6 Å². The van der Waals surface area contributed by atoms with Gasteiger partial charge in [0.15, 0.2) is 0 Å². The van der Waals surface area contributed by atoms with Gasteiger partial charge >= 0.3 is 0 Å². The van der Waals surface area contributed by atoms with Crippen LogP contribution < -0.4 is 0 Å². The molecule has 1 aliphatic rings. The summed E-state index contributed by atoms with van der Waals surface area (Å²) < 4.78 is 2.22. The molecule has 0 radical (unpaired) electrons. The fraction of sp³-hybridized carbons (Fsp3) is 0.333. The number of hydrogen-bond donors (Lipinski definition) is 0. The van der Waals surface area contributed by atoms with Crippen molar-refractivity contribution in [3.8, 4) is 0 Å². The molecule has 1 unspecified atom stereocenters. The van der Waals surface area contributed by atoms with Crippen molar-refractivity contribution in [3.63, 3.8) is 0 Å². The maximum Gasteiger partial charge on any atom is 0.243 e. The van der Waals surface area contributed by atoms with Gasteiger partial charge in [0, 0.05) is 37.9 Å². The van der Waals surface area contributed by atoms with Crippen LogP contribution in [0.3, 0.4) is 0 Å². The third-order valence-corrected chi connectivity index (χ3v) is 6.12. The first-order valence-electron chi connectivity index (χ1n) is 11.5. The quantitative estimate of drug-likeness (QED) is 0.536. The Hall–Kier alpha value is -3.34. The van der Waals surface area contributed by atoms with Crippen molar-refractivity contribution in [3.05, 3.63) is 95.8 Å². The van der Waals surface area contributed by atoms with Gasteiger partial charge in [0.1, 0.15) is 0 Å². The molecular weight excluding hydrogens is 398 g/mol. The average Bonchev–Trinajstić information content (AvgIpc) is 3.31. The van der Waals surface area contributed by atoms with Crippen molar-refractivity contribution in [1.82, 2.24) is 14.4 Å². The Kier molecular flexibility index (Phi) is 7.05. The standard InChI is InChI=1S/C27H31N3O2/c1-2-17-29(25(31)16-15-22-10-5-3-6-11-22)21-26(32)30-20-19-28-18-9-14-24(28)27(30)23-12-7-4-8-13-23/h3-14,18,27H,2,15-17,19-21H2,1H3. The molecule has 1 aliphatic heterocycles. The van der Waals surface area contributed by atoms with E-state index in [2.05, 4.69) is 29.0 Å². The highest BCUT2D eigenvalue weighted by Crippen LogP contribution is 2.32. The molecule has 3 aromatic rings. The molecule has 5 heteroatoms. The van der Waals surface area contributed by atoms with E-state index in [0.717, 1.165) is 29.8 Å². The van der Waals surface area contributed by atoms with Crippen LogP contribution in [0.15, 0.2) is 79.0 Å². The van der Waals surface area contributed by atoms with Crippen LogP contribution in [0.5, 0.6) is 0 Å². The van der Waals surface area contributed by atoms with Gasteiger partial charge < -0.3 is 14.4 Å². The Labute approximate surface area is 190 Å². The first-order valence-corrected chi connectivity index (χ1v) is 11.5. The zero-order valence-electron chi connectivity index (χ0n) is 18.7. The number of aryl methyl sites for hydroxylation is 1. The van der Waals surface area contributed by atoms with Crippen molar-refractivity contribution in [2.45, 2.75) is 38.8 Å². The van der Waals surface area contributed by atoms with Gasteiger partial charge in [-0.2, -0.15) is 0 Å². The molecule has 1 aromatic heterocycles. The lowest BCUT2D eigenvalue weighted by atomic mass is 10.00. The summed E-state index contributed by atoms with van der Waals surface area (Å²) in [5.74, 6) is 0.0495. The minimum atomic E-state index is -0.129. The molecule has 1 atom stereocenters. The summed E-state index contributed by atoms with van der Waals surface area (Å²) in [6.45, 7) is 4.18. The molecule has 5 nitrogen and oxygen atoms in total. The minimum Gasteiger partial charge on any atom is -0.348 e. The lowest BCUT2D eigenvalue weighted by molar-refractivity contribution is -0.142. The van der Waals surface area contributed by atoms with Gasteiger partial charge in [0.25, 0.3) is 0 Å². The molecule has 0 spiro atoms. The number of nitrogens with zero attached hydrogens (tertiary/aromatic N) is 3. The summed E-state index contributed by atoms with van der Waals surface area (Å²) in [5.41, 5.74) is 3.36. The maximum absolute atomic E-state index is 13.5. The Morgan fingerprint density at radius 1 is 0.938 bits per heavy atom. The SMILES string of the molecule is CCCN(CC(=O)N1CCn2cccc2C1c1ccccc1)C(=O)CCc1ccccc1. The van der Waals surface area contributed by atoms with Crippen LogP contribution in [0, 0.1) is 0 Å². The molecule has 166 valence electrons. The zero-order valence-corrected chi connectivity index (χ0v) is 18.7. The normalized spacial score (nSPS) is 15.3. The molecule has 0 fully saturated rings. The number of amides is 2. The third kappa shape index (κ3) is 4.93. The Balaban J connectivity index is 1.49. The molecule has 0 aliphatic carbocycles. The predicted molar refractivity (Wildman–Crippen MR) is 126 cm³/mol. The van der Waals surface area contributed by atoms with Crippen LogP contribution >= 0.6 is 0 Å². The average molecular weight is 430 g/mol. The number of rotatable bonds is 8. The van der Waals surface area contributed by atoms with E-state index in [9.17, 15) is 9.59 Å². The number of carbonyl (C=O) groups excluding carboxylic acids is 2. The Bertz CT molecular complexity index is 1030. The highest BCUT2D eigenvalue weighted by Gasteiger charge is 2.33. The fourth-order valence-electron chi connectivity index (χ4n) is 4.51. The summed E-state index contributed by atoms with van der Waals surface area (Å²) in [5, 5.41) is 0. The van der Waals surface area contributed by atoms with E-state index in [1.165, 1.54) is 0 Å². The number of benzene rings is 2. The van der Waals surface area contributed by atoms with E-state index in [1.807, 2.05) is 66.4 Å². The predicted octanol–water partition coefficient (Wildman–Crippen LogP) is 4.29. The van der Waals surface area contributed by atoms with Gasteiger partial charge in [0.2, 0.25) is 11.8 Å². The monoisotopic (exact) mass is 429 g/mol. The second kappa shape index (κ2) is 10.3. The molecular formula is C27H31N3O2. The van der Waals surface area contributed by atoms with Gasteiger partial charge in [-0.3, -0.25) is 9.59 Å². The second-order valence-electron chi connectivity index (χ2n) is 8.33. The number of hydrogen-bond acceptors (Lipinski definition) is 2. The lowest BCUT2D eigenvalue weighted by Gasteiger charge is -2.38. The molecule has 2 heterocycles. The van der Waals surface area contributed by atoms with E-state index >= 15 is 0 Å². The van der Waals surface area contributed by atoms with Crippen LogP contribution in [0.4, 0.5) is 0 Å². The zero-order chi connectivity index (χ0) is 22.3. The first kappa shape index (κ1) is 21.9. The first-order chi connectivity index (χ1) is 15.7. The topological polar surface area (TPSA) is 45.6 Å². The van der Waals surface area contributed by atoms with Crippen molar-refractivity contribution in [2.24, 2.45) is 0 Å². The maximum atomic E-state index is 13.5. The smallest absolute Gasteiger partial charge is 0.243 e. The van der Waals surface area contributed by atoms with Gasteiger partial charge in [-0.15, -0.1) is 0 Å². The largest absolute Gasteiger partial charge is 0.348 e. The Morgan fingerprint density at radius 3 is 2.38 bits per heavy atom. The highest BCUT2D eigenvalue weighted by atomic mass is 16.2. The summed E-state index contributed by atoms with van der Waals surface area (Å²) in [6.07, 6.45) is 4.01. The van der Waals surface area contributed by atoms with E-state index in [4.69, 9.17) is 0 Å². The van der Waals surface area contributed by atoms with Crippen molar-refractivity contribution >= 4 is 11.8 Å². The summed E-state index contributed by atoms with van der Waals surface area (Å²) in [4.78, 5) is 30.2. The molecule has 32 heavy (non-hydrogen) atoms. The van der Waals surface area contributed by atoms with Gasteiger partial charge in [-0.25, -0.2) is 0 Å². The van der Waals surface area contributed by atoms with E-state index in [-0.39, 0.29) is 24.4 Å². The summed E-state index contributed by atoms with van der Waals surface area (Å²) >= 11 is 0. The van der Waals surface area contributed by atoms with Crippen LogP contribution in [0.2, 0.25) is 0 Å². The van der Waals surface area contributed by atoms with Gasteiger partial charge in [-0.1, -0.05) is 67.6 Å². The van der Waals surface area contributed by atoms with Gasteiger partial charge in [0.05, 0.1) is 12.6 Å². The van der Waals surface area contributed by atoms with Crippen molar-refractivity contribution < 1.29 is 9.59 Å². The number of aromatic nitrogens is 1. The van der Waals surface area contributed by atoms with Crippen LogP contribution in [-0.2, 0) is 22.6 Å². The van der Waals surface area contributed by atoms with Gasteiger partial charge in [-0.05, 0) is 36.1 Å². The number of carbonyl (C=O) groups is 2. The second-order valence-corrected chi connectivity index (χ2v) is 8.33. The molecule has 0 bridgehead atoms. The van der Waals surface area contributed by atoms with E-state index < -0.39 is 0 Å². The highest BCUT2D eigenvalue weighted by molar-refractivity contribution is 5.85. The van der Waals surface area contributed by atoms with Crippen LogP contribution in [0.25, 0.3) is 0 Å². The molecule has 0 saturated carbocycles. The fourth-order valence-corrected chi connectivity index (χ4v) is 4.51. The minimum absolute atomic E-state index is 0.00724. The van der Waals surface area contributed by atoms with Crippen LogP contribution in [-0.4, -0.2) is 45.8 Å². The molecule has 4 rings (SSSR count). The lowest BCUT2D eigenvalue weighted by Crippen LogP contribution is -2.48. The molecule has 2 aromatic carbocycles. The summed E-state index contributed by atoms with van der Waals surface area (Å²) in [7, 11) is 0.